The van der Waals surface area contributed by atoms with E-state index in [9.17, 15) is 4.79 Å². The lowest BCUT2D eigenvalue weighted by Gasteiger charge is -2.35. The molecule has 0 radical (unpaired) electrons. The van der Waals surface area contributed by atoms with Crippen LogP contribution in [-0.4, -0.2) is 26.0 Å². The maximum Gasteiger partial charge on any atom is 0.227 e. The van der Waals surface area contributed by atoms with Crippen molar-refractivity contribution in [3.8, 4) is 0 Å². The third-order valence-corrected chi connectivity index (χ3v) is 2.91. The molecular weight excluding hydrogens is 164 g/mol. The van der Waals surface area contributed by atoms with E-state index in [4.69, 9.17) is 0 Å². The van der Waals surface area contributed by atoms with Gasteiger partial charge in [-0.25, -0.2) is 0 Å². The van der Waals surface area contributed by atoms with Crippen LogP contribution in [0.15, 0.2) is 0 Å². The predicted molar refractivity (Wildman–Crippen MR) is 53.5 cm³/mol. The molecule has 0 saturated carbocycles. The second kappa shape index (κ2) is 4.61. The molecule has 1 rings (SSSR count). The van der Waals surface area contributed by atoms with E-state index in [1.165, 1.54) is 0 Å². The van der Waals surface area contributed by atoms with Crippen LogP contribution in [0.25, 0.3) is 0 Å². The third kappa shape index (κ3) is 2.21. The molecule has 0 aromatic carbocycles. The van der Waals surface area contributed by atoms with Crippen molar-refractivity contribution in [3.63, 3.8) is 0 Å². The van der Waals surface area contributed by atoms with Gasteiger partial charge in [0.2, 0.25) is 5.91 Å². The first-order valence-corrected chi connectivity index (χ1v) is 5.18. The minimum atomic E-state index is -0.123. The Bertz CT molecular complexity index is 168. The summed E-state index contributed by atoms with van der Waals surface area (Å²) in [5.74, 6) is 0.210. The van der Waals surface area contributed by atoms with Crippen LogP contribution in [0.4, 0.5) is 0 Å². The second-order valence-electron chi connectivity index (χ2n) is 3.89. The first kappa shape index (κ1) is 10.5. The maximum absolute atomic E-state index is 11.7. The number of hydrogen-bond acceptors (Lipinski definition) is 2. The molecule has 0 bridgehead atoms. The van der Waals surface area contributed by atoms with Crippen LogP contribution in [0.5, 0.6) is 0 Å². The van der Waals surface area contributed by atoms with E-state index in [0.29, 0.717) is 0 Å². The van der Waals surface area contributed by atoms with Crippen molar-refractivity contribution in [1.29, 1.82) is 0 Å². The zero-order chi connectivity index (χ0) is 9.73. The van der Waals surface area contributed by atoms with Crippen LogP contribution in [0.1, 0.15) is 32.6 Å². The van der Waals surface area contributed by atoms with Gasteiger partial charge in [-0.3, -0.25) is 4.79 Å². The van der Waals surface area contributed by atoms with Gasteiger partial charge in [0.1, 0.15) is 0 Å². The summed E-state index contributed by atoms with van der Waals surface area (Å²) in [6.07, 6.45) is 4.23. The molecule has 1 heterocycles. The second-order valence-corrected chi connectivity index (χ2v) is 3.89. The molecule has 3 heteroatoms. The standard InChI is InChI=1S/C10H20N2O/c1-3-5-10(9(13)11-2)6-4-7-12-8-10/h12H,3-8H2,1-2H3,(H,11,13). The largest absolute Gasteiger partial charge is 0.359 e. The van der Waals surface area contributed by atoms with Gasteiger partial charge >= 0.3 is 0 Å². The van der Waals surface area contributed by atoms with Crippen LogP contribution >= 0.6 is 0 Å². The Morgan fingerprint density at radius 3 is 2.85 bits per heavy atom. The first-order valence-electron chi connectivity index (χ1n) is 5.18. The van der Waals surface area contributed by atoms with Crippen molar-refractivity contribution in [2.24, 2.45) is 5.41 Å². The lowest BCUT2D eigenvalue weighted by Crippen LogP contribution is -2.49. The fourth-order valence-corrected chi connectivity index (χ4v) is 2.23. The Morgan fingerprint density at radius 2 is 2.38 bits per heavy atom. The Kier molecular flexibility index (Phi) is 3.72. The summed E-state index contributed by atoms with van der Waals surface area (Å²) >= 11 is 0. The summed E-state index contributed by atoms with van der Waals surface area (Å²) in [5, 5.41) is 6.10. The molecule has 1 saturated heterocycles. The summed E-state index contributed by atoms with van der Waals surface area (Å²) in [6.45, 7) is 4.04. The number of piperidine rings is 1. The van der Waals surface area contributed by atoms with E-state index in [-0.39, 0.29) is 11.3 Å². The Morgan fingerprint density at radius 1 is 1.62 bits per heavy atom. The van der Waals surface area contributed by atoms with Crippen molar-refractivity contribution in [3.05, 3.63) is 0 Å². The van der Waals surface area contributed by atoms with Crippen LogP contribution in [0, 0.1) is 5.41 Å². The number of carbonyl (C=O) groups is 1. The van der Waals surface area contributed by atoms with Gasteiger partial charge in [-0.2, -0.15) is 0 Å². The van der Waals surface area contributed by atoms with Gasteiger partial charge < -0.3 is 10.6 Å². The van der Waals surface area contributed by atoms with Crippen molar-refractivity contribution >= 4 is 5.91 Å². The van der Waals surface area contributed by atoms with E-state index >= 15 is 0 Å². The molecule has 1 aliphatic rings. The number of hydrogen-bond donors (Lipinski definition) is 2. The van der Waals surface area contributed by atoms with Gasteiger partial charge in [-0.1, -0.05) is 13.3 Å². The van der Waals surface area contributed by atoms with Gasteiger partial charge in [0.25, 0.3) is 0 Å². The van der Waals surface area contributed by atoms with Crippen molar-refractivity contribution < 1.29 is 4.79 Å². The molecule has 0 aromatic heterocycles. The third-order valence-electron chi connectivity index (χ3n) is 2.91. The lowest BCUT2D eigenvalue weighted by molar-refractivity contribution is -0.132. The van der Waals surface area contributed by atoms with Gasteiger partial charge in [-0.15, -0.1) is 0 Å². The van der Waals surface area contributed by atoms with Crippen molar-refractivity contribution in [2.75, 3.05) is 20.1 Å². The highest BCUT2D eigenvalue weighted by atomic mass is 16.2. The zero-order valence-electron chi connectivity index (χ0n) is 8.65. The Labute approximate surface area is 80.3 Å². The minimum absolute atomic E-state index is 0.123. The molecule has 1 fully saturated rings. The van der Waals surface area contributed by atoms with Crippen LogP contribution in [0.2, 0.25) is 0 Å². The highest BCUT2D eigenvalue weighted by Crippen LogP contribution is 2.31. The topological polar surface area (TPSA) is 41.1 Å². The van der Waals surface area contributed by atoms with Gasteiger partial charge in [-0.05, 0) is 25.8 Å². The van der Waals surface area contributed by atoms with Gasteiger partial charge in [0, 0.05) is 13.6 Å². The molecular formula is C10H20N2O. The first-order chi connectivity index (χ1) is 6.25. The SMILES string of the molecule is CCCC1(C(=O)NC)CCCNC1. The summed E-state index contributed by atoms with van der Waals surface area (Å²) in [5.41, 5.74) is -0.123. The molecule has 76 valence electrons. The maximum atomic E-state index is 11.7. The summed E-state index contributed by atoms with van der Waals surface area (Å²) in [4.78, 5) is 11.7. The molecule has 1 amide bonds. The van der Waals surface area contributed by atoms with Crippen molar-refractivity contribution in [2.45, 2.75) is 32.6 Å². The predicted octanol–water partition coefficient (Wildman–Crippen LogP) is 0.902. The number of nitrogens with one attached hydrogen (secondary N) is 2. The molecule has 1 atom stereocenters. The van der Waals surface area contributed by atoms with E-state index < -0.39 is 0 Å². The Balaban J connectivity index is 2.66. The molecule has 0 spiro atoms. The number of carbonyl (C=O) groups excluding carboxylic acids is 1. The monoisotopic (exact) mass is 184 g/mol. The molecule has 2 N–H and O–H groups in total. The highest BCUT2D eigenvalue weighted by Gasteiger charge is 2.37. The molecule has 1 unspecified atom stereocenters. The average Bonchev–Trinajstić information content (AvgIpc) is 2.18. The van der Waals surface area contributed by atoms with E-state index in [1.54, 1.807) is 7.05 Å². The summed E-state index contributed by atoms with van der Waals surface area (Å²) in [6, 6.07) is 0. The lowest BCUT2D eigenvalue weighted by atomic mass is 9.76. The normalized spacial score (nSPS) is 28.5. The van der Waals surface area contributed by atoms with E-state index in [2.05, 4.69) is 17.6 Å². The van der Waals surface area contributed by atoms with Gasteiger partial charge in [0.15, 0.2) is 0 Å². The summed E-state index contributed by atoms with van der Waals surface area (Å²) < 4.78 is 0. The zero-order valence-corrected chi connectivity index (χ0v) is 8.65. The van der Waals surface area contributed by atoms with Crippen LogP contribution < -0.4 is 10.6 Å². The van der Waals surface area contributed by atoms with Crippen LogP contribution in [0.3, 0.4) is 0 Å². The number of rotatable bonds is 3. The average molecular weight is 184 g/mol. The fraction of sp³-hybridized carbons (Fsp3) is 0.900. The summed E-state index contributed by atoms with van der Waals surface area (Å²) in [7, 11) is 1.73. The van der Waals surface area contributed by atoms with E-state index in [0.717, 1.165) is 38.8 Å². The molecule has 0 aliphatic carbocycles. The highest BCUT2D eigenvalue weighted by molar-refractivity contribution is 5.82. The fourth-order valence-electron chi connectivity index (χ4n) is 2.23. The Hall–Kier alpha value is -0.570. The molecule has 3 nitrogen and oxygen atoms in total. The molecule has 0 aromatic rings. The minimum Gasteiger partial charge on any atom is -0.359 e. The van der Waals surface area contributed by atoms with Crippen LogP contribution in [-0.2, 0) is 4.79 Å². The van der Waals surface area contributed by atoms with E-state index in [1.807, 2.05) is 0 Å². The van der Waals surface area contributed by atoms with Gasteiger partial charge in [0.05, 0.1) is 5.41 Å². The van der Waals surface area contributed by atoms with Crippen molar-refractivity contribution in [1.82, 2.24) is 10.6 Å². The molecule has 13 heavy (non-hydrogen) atoms. The smallest absolute Gasteiger partial charge is 0.227 e. The molecule has 1 aliphatic heterocycles. The quantitative estimate of drug-likeness (QED) is 0.684. The number of amides is 1.